The van der Waals surface area contributed by atoms with Gasteiger partial charge in [-0.2, -0.15) is 5.26 Å². The zero-order chi connectivity index (χ0) is 20.5. The summed E-state index contributed by atoms with van der Waals surface area (Å²) in [5, 5.41) is 12.1. The van der Waals surface area contributed by atoms with E-state index in [-0.39, 0.29) is 5.57 Å². The van der Waals surface area contributed by atoms with Crippen LogP contribution in [0.2, 0.25) is 0 Å². The maximum Gasteiger partial charge on any atom is 0.266 e. The van der Waals surface area contributed by atoms with Crippen LogP contribution in [-0.2, 0) is 4.79 Å². The van der Waals surface area contributed by atoms with E-state index in [4.69, 9.17) is 14.2 Å². The molecule has 0 spiro atoms. The van der Waals surface area contributed by atoms with Crippen LogP contribution < -0.4 is 19.5 Å². The Balaban J connectivity index is 2.23. The monoisotopic (exact) mass is 380 g/mol. The highest BCUT2D eigenvalue weighted by molar-refractivity contribution is 6.10. The standard InChI is InChI=1S/C22H24N2O4/c1-15(2)14-28-20-10-9-16(12-21(20)27-4)11-17(13-23)22(25)24-18-7-5-6-8-19(18)26-3/h5-12,15H,14H2,1-4H3,(H,24,25)/b17-11+. The van der Waals surface area contributed by atoms with Crippen molar-refractivity contribution in [1.29, 1.82) is 5.26 Å². The van der Waals surface area contributed by atoms with Crippen molar-refractivity contribution in [2.45, 2.75) is 13.8 Å². The highest BCUT2D eigenvalue weighted by Crippen LogP contribution is 2.29. The molecule has 2 aromatic rings. The summed E-state index contributed by atoms with van der Waals surface area (Å²) in [5.74, 6) is 1.53. The Hall–Kier alpha value is -3.46. The van der Waals surface area contributed by atoms with E-state index in [9.17, 15) is 10.1 Å². The van der Waals surface area contributed by atoms with E-state index in [2.05, 4.69) is 19.2 Å². The molecule has 28 heavy (non-hydrogen) atoms. The average molecular weight is 380 g/mol. The summed E-state index contributed by atoms with van der Waals surface area (Å²) in [4.78, 5) is 12.5. The number of anilines is 1. The SMILES string of the molecule is COc1ccccc1NC(=O)/C(C#N)=C/c1ccc(OCC(C)C)c(OC)c1. The topological polar surface area (TPSA) is 80.6 Å². The molecule has 0 radical (unpaired) electrons. The number of nitriles is 1. The summed E-state index contributed by atoms with van der Waals surface area (Å²) in [7, 11) is 3.06. The predicted molar refractivity (Wildman–Crippen MR) is 109 cm³/mol. The van der Waals surface area contributed by atoms with Gasteiger partial charge >= 0.3 is 0 Å². The lowest BCUT2D eigenvalue weighted by Crippen LogP contribution is -2.14. The first-order valence-corrected chi connectivity index (χ1v) is 8.85. The molecular formula is C22H24N2O4. The van der Waals surface area contributed by atoms with Gasteiger partial charge < -0.3 is 19.5 Å². The summed E-state index contributed by atoms with van der Waals surface area (Å²) in [6.07, 6.45) is 1.50. The van der Waals surface area contributed by atoms with Crippen LogP contribution in [0.15, 0.2) is 48.0 Å². The third-order valence-corrected chi connectivity index (χ3v) is 3.79. The molecule has 0 aromatic heterocycles. The van der Waals surface area contributed by atoms with E-state index in [1.807, 2.05) is 6.07 Å². The van der Waals surface area contributed by atoms with Crippen molar-refractivity contribution in [2.24, 2.45) is 5.92 Å². The number of nitrogens with zero attached hydrogens (tertiary/aromatic N) is 1. The van der Waals surface area contributed by atoms with Crippen LogP contribution in [0.5, 0.6) is 17.2 Å². The molecule has 0 aliphatic rings. The lowest BCUT2D eigenvalue weighted by molar-refractivity contribution is -0.112. The van der Waals surface area contributed by atoms with E-state index in [0.717, 1.165) is 0 Å². The number of nitrogens with one attached hydrogen (secondary N) is 1. The number of amides is 1. The summed E-state index contributed by atoms with van der Waals surface area (Å²) in [6, 6.07) is 14.2. The third-order valence-electron chi connectivity index (χ3n) is 3.79. The fraction of sp³-hybridized carbons (Fsp3) is 0.273. The van der Waals surface area contributed by atoms with Crippen LogP contribution in [-0.4, -0.2) is 26.7 Å². The van der Waals surface area contributed by atoms with Crippen LogP contribution >= 0.6 is 0 Å². The molecule has 0 aliphatic carbocycles. The number of hydrogen-bond donors (Lipinski definition) is 1. The molecule has 0 bridgehead atoms. The van der Waals surface area contributed by atoms with Crippen molar-refractivity contribution in [3.8, 4) is 23.3 Å². The maximum absolute atomic E-state index is 12.5. The van der Waals surface area contributed by atoms with Crippen molar-refractivity contribution in [2.75, 3.05) is 26.1 Å². The van der Waals surface area contributed by atoms with Crippen LogP contribution in [0, 0.1) is 17.2 Å². The Labute approximate surface area is 165 Å². The van der Waals surface area contributed by atoms with Gasteiger partial charge in [0.1, 0.15) is 17.4 Å². The summed E-state index contributed by atoms with van der Waals surface area (Å²) in [5.41, 5.74) is 1.11. The quantitative estimate of drug-likeness (QED) is 0.546. The Bertz CT molecular complexity index is 898. The molecule has 6 heteroatoms. The minimum atomic E-state index is -0.522. The zero-order valence-electron chi connectivity index (χ0n) is 16.5. The molecule has 1 N–H and O–H groups in total. The molecule has 6 nitrogen and oxygen atoms in total. The van der Waals surface area contributed by atoms with Crippen LogP contribution in [0.1, 0.15) is 19.4 Å². The molecule has 0 heterocycles. The second-order valence-corrected chi connectivity index (χ2v) is 6.44. The molecule has 0 saturated heterocycles. The lowest BCUT2D eigenvalue weighted by atomic mass is 10.1. The number of ether oxygens (including phenoxy) is 3. The Morgan fingerprint density at radius 2 is 1.82 bits per heavy atom. The Morgan fingerprint density at radius 1 is 1.11 bits per heavy atom. The normalized spacial score (nSPS) is 10.9. The van der Waals surface area contributed by atoms with Gasteiger partial charge in [0.15, 0.2) is 11.5 Å². The van der Waals surface area contributed by atoms with Gasteiger partial charge in [-0.1, -0.05) is 32.0 Å². The van der Waals surface area contributed by atoms with Crippen molar-refractivity contribution >= 4 is 17.7 Å². The fourth-order valence-electron chi connectivity index (χ4n) is 2.40. The minimum Gasteiger partial charge on any atom is -0.495 e. The van der Waals surface area contributed by atoms with Gasteiger partial charge in [0.2, 0.25) is 0 Å². The Morgan fingerprint density at radius 3 is 2.46 bits per heavy atom. The molecular weight excluding hydrogens is 356 g/mol. The number of hydrogen-bond acceptors (Lipinski definition) is 5. The van der Waals surface area contributed by atoms with Crippen LogP contribution in [0.25, 0.3) is 6.08 Å². The smallest absolute Gasteiger partial charge is 0.266 e. The molecule has 1 amide bonds. The minimum absolute atomic E-state index is 0.0381. The lowest BCUT2D eigenvalue weighted by Gasteiger charge is -2.13. The van der Waals surface area contributed by atoms with E-state index >= 15 is 0 Å². The molecule has 0 aliphatic heterocycles. The molecule has 2 rings (SSSR count). The van der Waals surface area contributed by atoms with Crippen LogP contribution in [0.3, 0.4) is 0 Å². The van der Waals surface area contributed by atoms with E-state index in [0.29, 0.717) is 41.0 Å². The van der Waals surface area contributed by atoms with Gasteiger partial charge in [0, 0.05) is 0 Å². The molecule has 146 valence electrons. The van der Waals surface area contributed by atoms with Crippen molar-refractivity contribution < 1.29 is 19.0 Å². The molecule has 0 unspecified atom stereocenters. The number of methoxy groups -OCH3 is 2. The molecule has 0 fully saturated rings. The molecule has 0 saturated carbocycles. The second kappa shape index (κ2) is 10.0. The van der Waals surface area contributed by atoms with Gasteiger partial charge in [-0.05, 0) is 41.8 Å². The summed E-state index contributed by atoms with van der Waals surface area (Å²) >= 11 is 0. The largest absolute Gasteiger partial charge is 0.495 e. The Kier molecular flexibility index (Phi) is 7.46. The first-order valence-electron chi connectivity index (χ1n) is 8.85. The third kappa shape index (κ3) is 5.52. The number of carbonyl (C=O) groups is 1. The van der Waals surface area contributed by atoms with Crippen LogP contribution in [0.4, 0.5) is 5.69 Å². The molecule has 2 aromatic carbocycles. The zero-order valence-corrected chi connectivity index (χ0v) is 16.5. The average Bonchev–Trinajstić information content (AvgIpc) is 2.70. The molecule has 0 atom stereocenters. The fourth-order valence-corrected chi connectivity index (χ4v) is 2.40. The van der Waals surface area contributed by atoms with Gasteiger partial charge in [-0.25, -0.2) is 0 Å². The maximum atomic E-state index is 12.5. The number of carbonyl (C=O) groups excluding carboxylic acids is 1. The highest BCUT2D eigenvalue weighted by atomic mass is 16.5. The van der Waals surface area contributed by atoms with Crippen molar-refractivity contribution in [1.82, 2.24) is 0 Å². The second-order valence-electron chi connectivity index (χ2n) is 6.44. The van der Waals surface area contributed by atoms with Gasteiger partial charge in [0.25, 0.3) is 5.91 Å². The van der Waals surface area contributed by atoms with Gasteiger partial charge in [-0.15, -0.1) is 0 Å². The van der Waals surface area contributed by atoms with E-state index < -0.39 is 5.91 Å². The number of para-hydroxylation sites is 2. The van der Waals surface area contributed by atoms with E-state index in [1.54, 1.807) is 49.6 Å². The first-order chi connectivity index (χ1) is 13.5. The van der Waals surface area contributed by atoms with Crippen molar-refractivity contribution in [3.63, 3.8) is 0 Å². The summed E-state index contributed by atoms with van der Waals surface area (Å²) in [6.45, 7) is 4.68. The highest BCUT2D eigenvalue weighted by Gasteiger charge is 2.13. The van der Waals surface area contributed by atoms with Gasteiger partial charge in [0.05, 0.1) is 26.5 Å². The van der Waals surface area contributed by atoms with E-state index in [1.165, 1.54) is 13.2 Å². The van der Waals surface area contributed by atoms with Gasteiger partial charge in [-0.3, -0.25) is 4.79 Å². The predicted octanol–water partition coefficient (Wildman–Crippen LogP) is 4.28. The first kappa shape index (κ1) is 20.8. The number of rotatable bonds is 8. The number of benzene rings is 2. The summed E-state index contributed by atoms with van der Waals surface area (Å²) < 4.78 is 16.3. The van der Waals surface area contributed by atoms with Crippen molar-refractivity contribution in [3.05, 3.63) is 53.6 Å².